The van der Waals surface area contributed by atoms with Gasteiger partial charge in [-0.05, 0) is 18.6 Å². The van der Waals surface area contributed by atoms with Crippen LogP contribution in [0.15, 0.2) is 37.1 Å². The molecule has 1 aromatic carbocycles. The van der Waals surface area contributed by atoms with E-state index in [0.29, 0.717) is 0 Å². The SMILES string of the molecule is C=CCCn1cc(CO)c2ccc(Cl)cc21. The zero-order valence-corrected chi connectivity index (χ0v) is 9.74. The molecule has 0 bridgehead atoms. The van der Waals surface area contributed by atoms with E-state index in [1.807, 2.05) is 30.5 Å². The highest BCUT2D eigenvalue weighted by molar-refractivity contribution is 6.31. The summed E-state index contributed by atoms with van der Waals surface area (Å²) in [5.41, 5.74) is 2.01. The molecular weight excluding hydrogens is 222 g/mol. The molecule has 0 saturated carbocycles. The number of hydrogen-bond donors (Lipinski definition) is 1. The molecule has 0 spiro atoms. The quantitative estimate of drug-likeness (QED) is 0.808. The fourth-order valence-corrected chi connectivity index (χ4v) is 2.05. The van der Waals surface area contributed by atoms with Crippen LogP contribution < -0.4 is 0 Å². The number of aryl methyl sites for hydroxylation is 1. The first-order valence-corrected chi connectivity index (χ1v) is 5.63. The third kappa shape index (κ3) is 1.99. The molecule has 0 aliphatic heterocycles. The minimum atomic E-state index is 0.0548. The summed E-state index contributed by atoms with van der Waals surface area (Å²) in [6.07, 6.45) is 4.76. The zero-order valence-electron chi connectivity index (χ0n) is 8.99. The maximum absolute atomic E-state index is 9.28. The van der Waals surface area contributed by atoms with Gasteiger partial charge in [-0.3, -0.25) is 0 Å². The minimum absolute atomic E-state index is 0.0548. The number of nitrogens with zero attached hydrogens (tertiary/aromatic N) is 1. The van der Waals surface area contributed by atoms with Crippen molar-refractivity contribution in [3.8, 4) is 0 Å². The molecule has 16 heavy (non-hydrogen) atoms. The molecule has 2 nitrogen and oxygen atoms in total. The Hall–Kier alpha value is -1.25. The van der Waals surface area contributed by atoms with E-state index in [2.05, 4.69) is 11.1 Å². The minimum Gasteiger partial charge on any atom is -0.392 e. The normalized spacial score (nSPS) is 10.9. The average molecular weight is 236 g/mol. The fourth-order valence-electron chi connectivity index (χ4n) is 1.88. The number of allylic oxidation sites excluding steroid dienone is 1. The Kier molecular flexibility index (Phi) is 3.32. The largest absolute Gasteiger partial charge is 0.392 e. The fraction of sp³-hybridized carbons (Fsp3) is 0.231. The van der Waals surface area contributed by atoms with Crippen molar-refractivity contribution in [3.05, 3.63) is 47.6 Å². The second-order valence-corrected chi connectivity index (χ2v) is 4.18. The third-order valence-corrected chi connectivity index (χ3v) is 2.91. The molecule has 0 amide bonds. The highest BCUT2D eigenvalue weighted by Crippen LogP contribution is 2.25. The molecule has 1 aromatic heterocycles. The predicted molar refractivity (Wildman–Crippen MR) is 67.7 cm³/mol. The molecule has 2 rings (SSSR count). The van der Waals surface area contributed by atoms with Crippen molar-refractivity contribution in [1.82, 2.24) is 4.57 Å². The van der Waals surface area contributed by atoms with E-state index in [1.165, 1.54) is 0 Å². The lowest BCUT2D eigenvalue weighted by molar-refractivity contribution is 0.283. The monoisotopic (exact) mass is 235 g/mol. The van der Waals surface area contributed by atoms with E-state index in [4.69, 9.17) is 11.6 Å². The van der Waals surface area contributed by atoms with Gasteiger partial charge in [-0.15, -0.1) is 6.58 Å². The van der Waals surface area contributed by atoms with Gasteiger partial charge >= 0.3 is 0 Å². The van der Waals surface area contributed by atoms with Crippen molar-refractivity contribution in [2.24, 2.45) is 0 Å². The van der Waals surface area contributed by atoms with Crippen LogP contribution >= 0.6 is 11.6 Å². The molecule has 1 N–H and O–H groups in total. The summed E-state index contributed by atoms with van der Waals surface area (Å²) in [7, 11) is 0. The van der Waals surface area contributed by atoms with Gasteiger partial charge in [-0.1, -0.05) is 23.7 Å². The summed E-state index contributed by atoms with van der Waals surface area (Å²) in [6.45, 7) is 4.63. The van der Waals surface area contributed by atoms with Crippen molar-refractivity contribution >= 4 is 22.5 Å². The van der Waals surface area contributed by atoms with E-state index in [9.17, 15) is 5.11 Å². The number of aromatic nitrogens is 1. The summed E-state index contributed by atoms with van der Waals surface area (Å²) in [4.78, 5) is 0. The van der Waals surface area contributed by atoms with Gasteiger partial charge in [0.1, 0.15) is 0 Å². The van der Waals surface area contributed by atoms with Gasteiger partial charge in [0.05, 0.1) is 6.61 Å². The second-order valence-electron chi connectivity index (χ2n) is 3.74. The molecule has 0 unspecified atom stereocenters. The van der Waals surface area contributed by atoms with E-state index in [-0.39, 0.29) is 6.61 Å². The molecule has 1 heterocycles. The van der Waals surface area contributed by atoms with Crippen LogP contribution in [-0.2, 0) is 13.2 Å². The van der Waals surface area contributed by atoms with Crippen LogP contribution in [0.4, 0.5) is 0 Å². The Morgan fingerprint density at radius 3 is 2.94 bits per heavy atom. The molecule has 0 aliphatic rings. The van der Waals surface area contributed by atoms with E-state index < -0.39 is 0 Å². The number of hydrogen-bond acceptors (Lipinski definition) is 1. The predicted octanol–water partition coefficient (Wildman–Crippen LogP) is 3.36. The van der Waals surface area contributed by atoms with Crippen LogP contribution in [0.2, 0.25) is 5.02 Å². The number of rotatable bonds is 4. The van der Waals surface area contributed by atoms with Gasteiger partial charge in [0.25, 0.3) is 0 Å². The molecule has 3 heteroatoms. The first-order valence-electron chi connectivity index (χ1n) is 5.25. The average Bonchev–Trinajstić information content (AvgIpc) is 2.64. The Morgan fingerprint density at radius 2 is 2.25 bits per heavy atom. The molecule has 0 atom stereocenters. The molecule has 0 saturated heterocycles. The highest BCUT2D eigenvalue weighted by atomic mass is 35.5. The lowest BCUT2D eigenvalue weighted by Gasteiger charge is -2.02. The summed E-state index contributed by atoms with van der Waals surface area (Å²) in [5.74, 6) is 0. The van der Waals surface area contributed by atoms with Crippen LogP contribution in [0, 0.1) is 0 Å². The van der Waals surface area contributed by atoms with Gasteiger partial charge in [0.15, 0.2) is 0 Å². The van der Waals surface area contributed by atoms with Gasteiger partial charge in [0.2, 0.25) is 0 Å². The van der Waals surface area contributed by atoms with Crippen LogP contribution in [0.25, 0.3) is 10.9 Å². The van der Waals surface area contributed by atoms with Crippen LogP contribution in [0.1, 0.15) is 12.0 Å². The Morgan fingerprint density at radius 1 is 1.44 bits per heavy atom. The van der Waals surface area contributed by atoms with E-state index in [1.54, 1.807) is 0 Å². The van der Waals surface area contributed by atoms with E-state index in [0.717, 1.165) is 34.5 Å². The number of aliphatic hydroxyl groups excluding tert-OH is 1. The Balaban J connectivity index is 2.54. The summed E-state index contributed by atoms with van der Waals surface area (Å²) in [6, 6.07) is 5.73. The Labute approximate surface area is 99.8 Å². The first-order chi connectivity index (χ1) is 7.76. The van der Waals surface area contributed by atoms with Crippen molar-refractivity contribution in [3.63, 3.8) is 0 Å². The lowest BCUT2D eigenvalue weighted by atomic mass is 10.2. The molecule has 0 aliphatic carbocycles. The van der Waals surface area contributed by atoms with Gasteiger partial charge in [-0.2, -0.15) is 0 Å². The number of fused-ring (bicyclic) bond motifs is 1. The molecule has 0 radical (unpaired) electrons. The highest BCUT2D eigenvalue weighted by Gasteiger charge is 2.07. The smallest absolute Gasteiger partial charge is 0.0702 e. The number of aliphatic hydroxyl groups is 1. The van der Waals surface area contributed by atoms with E-state index >= 15 is 0 Å². The second kappa shape index (κ2) is 4.73. The summed E-state index contributed by atoms with van der Waals surface area (Å²) >= 11 is 5.98. The lowest BCUT2D eigenvalue weighted by Crippen LogP contribution is -1.94. The topological polar surface area (TPSA) is 25.2 Å². The number of halogens is 1. The first kappa shape index (κ1) is 11.2. The Bertz CT molecular complexity index is 516. The zero-order chi connectivity index (χ0) is 11.5. The van der Waals surface area contributed by atoms with Crippen LogP contribution in [-0.4, -0.2) is 9.67 Å². The van der Waals surface area contributed by atoms with Crippen LogP contribution in [0.3, 0.4) is 0 Å². The van der Waals surface area contributed by atoms with Crippen molar-refractivity contribution in [2.45, 2.75) is 19.6 Å². The maximum atomic E-state index is 9.28. The van der Waals surface area contributed by atoms with Crippen molar-refractivity contribution in [1.29, 1.82) is 0 Å². The third-order valence-electron chi connectivity index (χ3n) is 2.67. The van der Waals surface area contributed by atoms with Gasteiger partial charge < -0.3 is 9.67 Å². The van der Waals surface area contributed by atoms with Gasteiger partial charge in [-0.25, -0.2) is 0 Å². The maximum Gasteiger partial charge on any atom is 0.0702 e. The summed E-state index contributed by atoms with van der Waals surface area (Å²) < 4.78 is 2.11. The number of benzene rings is 1. The van der Waals surface area contributed by atoms with Crippen molar-refractivity contribution < 1.29 is 5.11 Å². The summed E-state index contributed by atoms with van der Waals surface area (Å²) in [5, 5.41) is 11.1. The molecule has 2 aromatic rings. The van der Waals surface area contributed by atoms with Gasteiger partial charge in [0, 0.05) is 34.2 Å². The molecule has 84 valence electrons. The van der Waals surface area contributed by atoms with Crippen molar-refractivity contribution in [2.75, 3.05) is 0 Å². The van der Waals surface area contributed by atoms with Crippen LogP contribution in [0.5, 0.6) is 0 Å². The molecular formula is C13H14ClNO. The standard InChI is InChI=1S/C13H14ClNO/c1-2-3-6-15-8-10(9-16)12-5-4-11(14)7-13(12)15/h2,4-5,7-8,16H,1,3,6,9H2. The molecule has 0 fully saturated rings.